The van der Waals surface area contributed by atoms with Crippen molar-refractivity contribution in [3.05, 3.63) is 71.8 Å². The van der Waals surface area contributed by atoms with E-state index in [1.54, 1.807) is 31.4 Å². The lowest BCUT2D eigenvalue weighted by Crippen LogP contribution is -2.41. The number of morpholine rings is 1. The van der Waals surface area contributed by atoms with Gasteiger partial charge in [-0.15, -0.1) is 0 Å². The maximum atomic E-state index is 13.1. The van der Waals surface area contributed by atoms with E-state index < -0.39 is 0 Å². The van der Waals surface area contributed by atoms with Gasteiger partial charge in [0.1, 0.15) is 11.5 Å². The number of nitrogens with zero attached hydrogens (tertiary/aromatic N) is 1. The molecule has 36 heavy (non-hydrogen) atoms. The zero-order valence-corrected chi connectivity index (χ0v) is 20.2. The Labute approximate surface area is 210 Å². The zero-order valence-electron chi connectivity index (χ0n) is 20.2. The standard InChI is InChI=1S/C28H29N3O5/c1-34-24-10-8-22(29-28(33)19-5-3-2-4-6-19)26(21-7-9-23-20(17-21)11-14-36-23)27(24)30-25(32)18-31-12-15-35-16-13-31/h2-10,17H,11-16,18H2,1H3,(H,29,33)(H,30,32). The Morgan fingerprint density at radius 2 is 1.78 bits per heavy atom. The number of nitrogens with one attached hydrogen (secondary N) is 2. The third-order valence-corrected chi connectivity index (χ3v) is 6.38. The van der Waals surface area contributed by atoms with E-state index in [0.29, 0.717) is 61.2 Å². The van der Waals surface area contributed by atoms with Crippen LogP contribution in [0.2, 0.25) is 0 Å². The lowest BCUT2D eigenvalue weighted by Gasteiger charge is -2.26. The normalized spacial score (nSPS) is 15.0. The average molecular weight is 488 g/mol. The molecule has 8 nitrogen and oxygen atoms in total. The van der Waals surface area contributed by atoms with E-state index in [0.717, 1.165) is 23.3 Å². The molecule has 0 saturated carbocycles. The minimum absolute atomic E-state index is 0.160. The quantitative estimate of drug-likeness (QED) is 0.527. The molecular weight excluding hydrogens is 458 g/mol. The molecule has 3 aromatic rings. The van der Waals surface area contributed by atoms with Crippen LogP contribution in [-0.4, -0.2) is 63.3 Å². The van der Waals surface area contributed by atoms with E-state index in [1.165, 1.54) is 0 Å². The van der Waals surface area contributed by atoms with Crippen LogP contribution in [0.1, 0.15) is 15.9 Å². The summed E-state index contributed by atoms with van der Waals surface area (Å²) in [5, 5.41) is 6.10. The molecule has 186 valence electrons. The van der Waals surface area contributed by atoms with E-state index in [4.69, 9.17) is 14.2 Å². The Morgan fingerprint density at radius 3 is 2.56 bits per heavy atom. The highest BCUT2D eigenvalue weighted by atomic mass is 16.5. The number of ether oxygens (including phenoxy) is 3. The van der Waals surface area contributed by atoms with Gasteiger partial charge in [0, 0.05) is 30.6 Å². The number of amides is 2. The Kier molecular flexibility index (Phi) is 7.16. The summed E-state index contributed by atoms with van der Waals surface area (Å²) in [4.78, 5) is 28.2. The van der Waals surface area contributed by atoms with E-state index >= 15 is 0 Å². The summed E-state index contributed by atoms with van der Waals surface area (Å²) in [6, 6.07) is 18.5. The lowest BCUT2D eigenvalue weighted by atomic mass is 9.97. The molecule has 0 atom stereocenters. The highest BCUT2D eigenvalue weighted by Gasteiger charge is 2.23. The van der Waals surface area contributed by atoms with Gasteiger partial charge in [-0.1, -0.05) is 24.3 Å². The summed E-state index contributed by atoms with van der Waals surface area (Å²) in [6.07, 6.45) is 0.803. The van der Waals surface area contributed by atoms with Crippen LogP contribution in [0, 0.1) is 0 Å². The molecule has 0 unspecified atom stereocenters. The highest BCUT2D eigenvalue weighted by molar-refractivity contribution is 6.09. The molecular formula is C28H29N3O5. The monoisotopic (exact) mass is 487 g/mol. The van der Waals surface area contributed by atoms with Crippen molar-refractivity contribution in [2.45, 2.75) is 6.42 Å². The molecule has 2 N–H and O–H groups in total. The van der Waals surface area contributed by atoms with Crippen molar-refractivity contribution in [3.63, 3.8) is 0 Å². The summed E-state index contributed by atoms with van der Waals surface area (Å²) in [5.74, 6) is 0.966. The molecule has 2 heterocycles. The smallest absolute Gasteiger partial charge is 0.255 e. The maximum Gasteiger partial charge on any atom is 0.255 e. The van der Waals surface area contributed by atoms with Crippen molar-refractivity contribution in [2.24, 2.45) is 0 Å². The first-order chi connectivity index (χ1) is 17.6. The van der Waals surface area contributed by atoms with Gasteiger partial charge in [0.15, 0.2) is 0 Å². The largest absolute Gasteiger partial charge is 0.495 e. The molecule has 0 aromatic heterocycles. The highest BCUT2D eigenvalue weighted by Crippen LogP contribution is 2.43. The first-order valence-corrected chi connectivity index (χ1v) is 12.1. The van der Waals surface area contributed by atoms with Gasteiger partial charge in [-0.2, -0.15) is 0 Å². The number of methoxy groups -OCH3 is 1. The van der Waals surface area contributed by atoms with Gasteiger partial charge in [0.2, 0.25) is 5.91 Å². The first-order valence-electron chi connectivity index (χ1n) is 12.1. The number of carbonyl (C=O) groups excluding carboxylic acids is 2. The van der Waals surface area contributed by atoms with Crippen molar-refractivity contribution < 1.29 is 23.8 Å². The van der Waals surface area contributed by atoms with Crippen LogP contribution in [0.15, 0.2) is 60.7 Å². The maximum absolute atomic E-state index is 13.1. The van der Waals surface area contributed by atoms with Crippen LogP contribution in [0.3, 0.4) is 0 Å². The Balaban J connectivity index is 1.54. The van der Waals surface area contributed by atoms with Crippen molar-refractivity contribution >= 4 is 23.2 Å². The van der Waals surface area contributed by atoms with E-state index in [2.05, 4.69) is 15.5 Å². The molecule has 5 rings (SSSR count). The molecule has 2 aliphatic rings. The number of hydrogen-bond donors (Lipinski definition) is 2. The number of anilines is 2. The topological polar surface area (TPSA) is 89.1 Å². The number of carbonyl (C=O) groups is 2. The van der Waals surface area contributed by atoms with Crippen molar-refractivity contribution in [3.8, 4) is 22.6 Å². The van der Waals surface area contributed by atoms with Crippen molar-refractivity contribution in [2.75, 3.05) is 57.2 Å². The first kappa shape index (κ1) is 23.8. The van der Waals surface area contributed by atoms with E-state index in [-0.39, 0.29) is 18.4 Å². The molecule has 0 aliphatic carbocycles. The summed E-state index contributed by atoms with van der Waals surface area (Å²) < 4.78 is 16.7. The molecule has 0 spiro atoms. The van der Waals surface area contributed by atoms with E-state index in [1.807, 2.05) is 36.4 Å². The minimum Gasteiger partial charge on any atom is -0.495 e. The SMILES string of the molecule is COc1ccc(NC(=O)c2ccccc2)c(-c2ccc3c(c2)CCO3)c1NC(=O)CN1CCOCC1. The molecule has 0 radical (unpaired) electrons. The lowest BCUT2D eigenvalue weighted by molar-refractivity contribution is -0.118. The van der Waals surface area contributed by atoms with Gasteiger partial charge < -0.3 is 24.8 Å². The van der Waals surface area contributed by atoms with Gasteiger partial charge in [-0.05, 0) is 47.5 Å². The average Bonchev–Trinajstić information content (AvgIpc) is 3.38. The van der Waals surface area contributed by atoms with Crippen LogP contribution in [0.4, 0.5) is 11.4 Å². The summed E-state index contributed by atoms with van der Waals surface area (Å²) in [7, 11) is 1.56. The third kappa shape index (κ3) is 5.19. The van der Waals surface area contributed by atoms with Crippen LogP contribution >= 0.6 is 0 Å². The van der Waals surface area contributed by atoms with Crippen LogP contribution in [0.5, 0.6) is 11.5 Å². The molecule has 1 saturated heterocycles. The Morgan fingerprint density at radius 1 is 0.972 bits per heavy atom. The number of hydrogen-bond acceptors (Lipinski definition) is 6. The summed E-state index contributed by atoms with van der Waals surface area (Å²) >= 11 is 0. The second-order valence-electron chi connectivity index (χ2n) is 8.74. The zero-order chi connectivity index (χ0) is 24.9. The van der Waals surface area contributed by atoms with Crippen LogP contribution < -0.4 is 20.1 Å². The van der Waals surface area contributed by atoms with Crippen LogP contribution in [0.25, 0.3) is 11.1 Å². The summed E-state index contributed by atoms with van der Waals surface area (Å²) in [5.41, 5.74) is 4.25. The fraction of sp³-hybridized carbons (Fsp3) is 0.286. The molecule has 2 amide bonds. The summed E-state index contributed by atoms with van der Waals surface area (Å²) in [6.45, 7) is 3.51. The van der Waals surface area contributed by atoms with Crippen molar-refractivity contribution in [1.82, 2.24) is 4.90 Å². The predicted molar refractivity (Wildman–Crippen MR) is 138 cm³/mol. The van der Waals surface area contributed by atoms with Crippen molar-refractivity contribution in [1.29, 1.82) is 0 Å². The number of rotatable bonds is 7. The fourth-order valence-electron chi connectivity index (χ4n) is 4.55. The third-order valence-electron chi connectivity index (χ3n) is 6.38. The van der Waals surface area contributed by atoms with Gasteiger partial charge in [0.25, 0.3) is 5.91 Å². The Bertz CT molecular complexity index is 1260. The fourth-order valence-corrected chi connectivity index (χ4v) is 4.55. The van der Waals surface area contributed by atoms with E-state index in [9.17, 15) is 9.59 Å². The molecule has 8 heteroatoms. The van der Waals surface area contributed by atoms with Crippen LogP contribution in [-0.2, 0) is 16.0 Å². The number of fused-ring (bicyclic) bond motifs is 1. The second-order valence-corrected chi connectivity index (χ2v) is 8.74. The van der Waals surface area contributed by atoms with Gasteiger partial charge in [-0.25, -0.2) is 0 Å². The molecule has 3 aromatic carbocycles. The molecule has 0 bridgehead atoms. The minimum atomic E-state index is -0.239. The van der Waals surface area contributed by atoms with Gasteiger partial charge >= 0.3 is 0 Å². The Hall–Kier alpha value is -3.88. The number of benzene rings is 3. The predicted octanol–water partition coefficient (Wildman–Crippen LogP) is 3.82. The molecule has 2 aliphatic heterocycles. The van der Waals surface area contributed by atoms with Gasteiger partial charge in [0.05, 0.1) is 44.8 Å². The second kappa shape index (κ2) is 10.8. The molecule has 1 fully saturated rings. The van der Waals surface area contributed by atoms with Gasteiger partial charge in [-0.3, -0.25) is 14.5 Å².